The van der Waals surface area contributed by atoms with Gasteiger partial charge in [0.05, 0.1) is 21.3 Å². The van der Waals surface area contributed by atoms with Gasteiger partial charge in [0.1, 0.15) is 0 Å². The lowest BCUT2D eigenvalue weighted by Crippen LogP contribution is -2.19. The van der Waals surface area contributed by atoms with Gasteiger partial charge in [0.15, 0.2) is 16.7 Å². The highest BCUT2D eigenvalue weighted by molar-refractivity contribution is 14.1. The Morgan fingerprint density at radius 1 is 1.29 bits per heavy atom. The van der Waals surface area contributed by atoms with Crippen LogP contribution < -0.4 is 10.1 Å². The summed E-state index contributed by atoms with van der Waals surface area (Å²) in [5.41, 5.74) is 1.55. The van der Waals surface area contributed by atoms with Crippen LogP contribution in [-0.4, -0.2) is 23.3 Å². The number of rotatable bonds is 3. The molecule has 2 aromatic carbocycles. The number of carbonyl (C=O) groups excluding carboxylic acids is 1. The number of nitrogens with one attached hydrogen (secondary N) is 1. The molecule has 0 aliphatic carbocycles. The number of ether oxygens (including phenoxy) is 1. The SMILES string of the molecule is COc1cc(/C=C2\SC(=Nc3ccccc3)NC2=O)cc(I)c1O. The Kier molecular flexibility index (Phi) is 5.10. The Bertz CT molecular complexity index is 850. The number of nitrogens with zero attached hydrogens (tertiary/aromatic N) is 1. The molecule has 0 atom stereocenters. The number of methoxy groups -OCH3 is 1. The minimum absolute atomic E-state index is 0.0927. The number of aromatic hydroxyl groups is 1. The number of aliphatic imine (C=N–C) groups is 1. The van der Waals surface area contributed by atoms with Gasteiger partial charge in [0, 0.05) is 0 Å². The summed E-state index contributed by atoms with van der Waals surface area (Å²) in [7, 11) is 1.49. The second-order valence-corrected chi connectivity index (χ2v) is 7.06. The number of hydrogen-bond donors (Lipinski definition) is 2. The lowest BCUT2D eigenvalue weighted by molar-refractivity contribution is -0.115. The number of para-hydroxylation sites is 1. The van der Waals surface area contributed by atoms with E-state index in [0.29, 0.717) is 19.4 Å². The first kappa shape index (κ1) is 16.8. The monoisotopic (exact) mass is 452 g/mol. The summed E-state index contributed by atoms with van der Waals surface area (Å²) in [6, 6.07) is 12.9. The van der Waals surface area contributed by atoms with Gasteiger partial charge in [-0.25, -0.2) is 4.99 Å². The molecule has 0 aromatic heterocycles. The van der Waals surface area contributed by atoms with E-state index in [4.69, 9.17) is 4.74 Å². The third-order valence-electron chi connectivity index (χ3n) is 3.21. The van der Waals surface area contributed by atoms with Crippen LogP contribution in [0.25, 0.3) is 6.08 Å². The summed E-state index contributed by atoms with van der Waals surface area (Å²) in [6.45, 7) is 0. The zero-order chi connectivity index (χ0) is 17.1. The van der Waals surface area contributed by atoms with Crippen LogP contribution in [0, 0.1) is 3.57 Å². The summed E-state index contributed by atoms with van der Waals surface area (Å²) in [5.74, 6) is 0.266. The minimum Gasteiger partial charge on any atom is -0.504 e. The highest BCUT2D eigenvalue weighted by atomic mass is 127. The van der Waals surface area contributed by atoms with Gasteiger partial charge in [-0.2, -0.15) is 0 Å². The maximum Gasteiger partial charge on any atom is 0.264 e. The quantitative estimate of drug-likeness (QED) is 0.548. The van der Waals surface area contributed by atoms with Crippen molar-refractivity contribution in [3.8, 4) is 11.5 Å². The van der Waals surface area contributed by atoms with Crippen LogP contribution in [0.2, 0.25) is 0 Å². The van der Waals surface area contributed by atoms with Crippen molar-refractivity contribution in [2.75, 3.05) is 7.11 Å². The summed E-state index contributed by atoms with van der Waals surface area (Å²) in [4.78, 5) is 17.1. The molecule has 2 aromatic rings. The summed E-state index contributed by atoms with van der Waals surface area (Å²) < 4.78 is 5.80. The van der Waals surface area contributed by atoms with Gasteiger partial charge in [-0.3, -0.25) is 4.79 Å². The van der Waals surface area contributed by atoms with Crippen molar-refractivity contribution in [2.24, 2.45) is 4.99 Å². The highest BCUT2D eigenvalue weighted by Gasteiger charge is 2.24. The molecule has 5 nitrogen and oxygen atoms in total. The van der Waals surface area contributed by atoms with Crippen molar-refractivity contribution in [1.29, 1.82) is 0 Å². The number of phenols is 1. The Labute approximate surface area is 157 Å². The molecule has 24 heavy (non-hydrogen) atoms. The fraction of sp³-hybridized carbons (Fsp3) is 0.0588. The van der Waals surface area contributed by atoms with E-state index < -0.39 is 0 Å². The van der Waals surface area contributed by atoms with Crippen LogP contribution >= 0.6 is 34.4 Å². The number of thioether (sulfide) groups is 1. The van der Waals surface area contributed by atoms with E-state index in [1.54, 1.807) is 18.2 Å². The maximum absolute atomic E-state index is 12.1. The fourth-order valence-corrected chi connectivity index (χ4v) is 3.55. The maximum atomic E-state index is 12.1. The zero-order valence-corrected chi connectivity index (χ0v) is 15.6. The van der Waals surface area contributed by atoms with E-state index in [9.17, 15) is 9.90 Å². The number of amides is 1. The number of benzene rings is 2. The largest absolute Gasteiger partial charge is 0.504 e. The average Bonchev–Trinajstić information content (AvgIpc) is 2.91. The van der Waals surface area contributed by atoms with Crippen molar-refractivity contribution in [3.63, 3.8) is 0 Å². The summed E-state index contributed by atoms with van der Waals surface area (Å²) >= 11 is 3.30. The Balaban J connectivity index is 1.88. The van der Waals surface area contributed by atoms with E-state index in [-0.39, 0.29) is 11.7 Å². The van der Waals surface area contributed by atoms with Crippen molar-refractivity contribution in [1.82, 2.24) is 5.32 Å². The molecule has 0 bridgehead atoms. The standard InChI is InChI=1S/C17H13IN2O3S/c1-23-13-8-10(7-12(18)15(13)21)9-14-16(22)20-17(24-14)19-11-5-3-2-4-6-11/h2-9,21H,1H3,(H,19,20,22)/b14-9-. The second-order valence-electron chi connectivity index (χ2n) is 4.87. The zero-order valence-electron chi connectivity index (χ0n) is 12.6. The topological polar surface area (TPSA) is 70.9 Å². The van der Waals surface area contributed by atoms with Crippen molar-refractivity contribution >= 4 is 57.2 Å². The Morgan fingerprint density at radius 3 is 2.75 bits per heavy atom. The van der Waals surface area contributed by atoms with Gasteiger partial charge in [-0.1, -0.05) is 18.2 Å². The Hall–Kier alpha value is -2.00. The van der Waals surface area contributed by atoms with Gasteiger partial charge in [-0.05, 0) is 70.3 Å². The number of carbonyl (C=O) groups is 1. The van der Waals surface area contributed by atoms with Crippen molar-refractivity contribution in [3.05, 3.63) is 56.5 Å². The number of phenolic OH excluding ortho intramolecular Hbond substituents is 1. The van der Waals surface area contributed by atoms with Crippen LogP contribution in [-0.2, 0) is 4.79 Å². The molecule has 122 valence electrons. The third-order valence-corrected chi connectivity index (χ3v) is 4.94. The smallest absolute Gasteiger partial charge is 0.264 e. The predicted molar refractivity (Wildman–Crippen MR) is 105 cm³/mol. The van der Waals surface area contributed by atoms with Gasteiger partial charge in [0.25, 0.3) is 5.91 Å². The van der Waals surface area contributed by atoms with Crippen LogP contribution in [0.4, 0.5) is 5.69 Å². The molecule has 7 heteroatoms. The first-order valence-corrected chi connectivity index (χ1v) is 8.87. The molecule has 1 heterocycles. The second kappa shape index (κ2) is 7.27. The van der Waals surface area contributed by atoms with Gasteiger partial charge in [-0.15, -0.1) is 0 Å². The molecule has 2 N–H and O–H groups in total. The first-order chi connectivity index (χ1) is 11.6. The van der Waals surface area contributed by atoms with Crippen LogP contribution in [0.1, 0.15) is 5.56 Å². The lowest BCUT2D eigenvalue weighted by Gasteiger charge is -2.06. The van der Waals surface area contributed by atoms with Gasteiger partial charge < -0.3 is 15.2 Å². The lowest BCUT2D eigenvalue weighted by atomic mass is 10.2. The van der Waals surface area contributed by atoms with Crippen LogP contribution in [0.15, 0.2) is 52.4 Å². The van der Waals surface area contributed by atoms with E-state index in [2.05, 4.69) is 10.3 Å². The summed E-state index contributed by atoms with van der Waals surface area (Å²) in [6.07, 6.45) is 1.75. The Morgan fingerprint density at radius 2 is 2.04 bits per heavy atom. The van der Waals surface area contributed by atoms with Gasteiger partial charge in [0.2, 0.25) is 0 Å². The van der Waals surface area contributed by atoms with Crippen molar-refractivity contribution < 1.29 is 14.6 Å². The van der Waals surface area contributed by atoms with E-state index in [0.717, 1.165) is 11.3 Å². The van der Waals surface area contributed by atoms with Crippen LogP contribution in [0.5, 0.6) is 11.5 Å². The van der Waals surface area contributed by atoms with Crippen LogP contribution in [0.3, 0.4) is 0 Å². The molecule has 0 unspecified atom stereocenters. The molecule has 1 fully saturated rings. The normalized spacial score (nSPS) is 17.3. The molecule has 1 saturated heterocycles. The predicted octanol–water partition coefficient (Wildman–Crippen LogP) is 3.90. The molecular formula is C17H13IN2O3S. The molecule has 1 aliphatic rings. The van der Waals surface area contributed by atoms with E-state index >= 15 is 0 Å². The molecule has 1 amide bonds. The third kappa shape index (κ3) is 3.73. The minimum atomic E-state index is -0.197. The summed E-state index contributed by atoms with van der Waals surface area (Å²) in [5, 5.41) is 13.2. The first-order valence-electron chi connectivity index (χ1n) is 6.98. The molecule has 0 saturated carbocycles. The number of amidine groups is 1. The van der Waals surface area contributed by atoms with E-state index in [1.807, 2.05) is 52.9 Å². The highest BCUT2D eigenvalue weighted by Crippen LogP contribution is 2.35. The number of hydrogen-bond acceptors (Lipinski definition) is 5. The van der Waals surface area contributed by atoms with Crippen molar-refractivity contribution in [2.45, 2.75) is 0 Å². The molecule has 3 rings (SSSR count). The average molecular weight is 452 g/mol. The molecule has 1 aliphatic heterocycles. The molecule has 0 radical (unpaired) electrons. The van der Waals surface area contributed by atoms with E-state index in [1.165, 1.54) is 18.9 Å². The number of halogens is 1. The van der Waals surface area contributed by atoms with Gasteiger partial charge >= 0.3 is 0 Å². The molecule has 0 spiro atoms. The fourth-order valence-electron chi connectivity index (χ4n) is 2.08. The molecular weight excluding hydrogens is 439 g/mol.